The average Bonchev–Trinajstić information content (AvgIpc) is 3.28. The van der Waals surface area contributed by atoms with Crippen LogP contribution in [0.1, 0.15) is 266 Å². The molecule has 1 atom stereocenters. The van der Waals surface area contributed by atoms with Gasteiger partial charge in [0.05, 0.1) is 6.54 Å². The van der Waals surface area contributed by atoms with E-state index in [1.165, 1.54) is 251 Å². The van der Waals surface area contributed by atoms with Gasteiger partial charge in [-0.1, -0.05) is 227 Å². The molecule has 6 nitrogen and oxygen atoms in total. The highest BCUT2D eigenvalue weighted by molar-refractivity contribution is 5.78. The third-order valence-corrected chi connectivity index (χ3v) is 14.3. The SMILES string of the molecule is CCCCCCCCCN(CCCCCCCCC)CCN(CCCCCCCCC)CC(=O)N1CCN(CC(C)N(CCCCCCCCC)CCCCCCCCC)CC1. The fourth-order valence-corrected chi connectivity index (χ4v) is 9.82. The Morgan fingerprint density at radius 2 is 0.661 bits per heavy atom. The Balaban J connectivity index is 2.76. The molecule has 0 radical (unpaired) electrons. The first-order valence-corrected chi connectivity index (χ1v) is 28.7. The molecule has 1 aliphatic heterocycles. The molecule has 1 aliphatic rings. The van der Waals surface area contributed by atoms with Crippen LogP contribution in [0.5, 0.6) is 0 Å². The smallest absolute Gasteiger partial charge is 0.236 e. The quantitative estimate of drug-likeness (QED) is 0.0569. The van der Waals surface area contributed by atoms with Gasteiger partial charge in [-0.25, -0.2) is 0 Å². The maximum Gasteiger partial charge on any atom is 0.236 e. The van der Waals surface area contributed by atoms with Gasteiger partial charge in [-0.2, -0.15) is 0 Å². The molecule has 1 saturated heterocycles. The molecular formula is C56H115N5O. The van der Waals surface area contributed by atoms with E-state index in [1.54, 1.807) is 0 Å². The molecule has 0 saturated carbocycles. The summed E-state index contributed by atoms with van der Waals surface area (Å²) in [5.74, 6) is 0.380. The summed E-state index contributed by atoms with van der Waals surface area (Å²) in [7, 11) is 0. The van der Waals surface area contributed by atoms with Gasteiger partial charge >= 0.3 is 0 Å². The highest BCUT2D eigenvalue weighted by Gasteiger charge is 2.25. The number of nitrogens with zero attached hydrogens (tertiary/aromatic N) is 5. The number of hydrogen-bond acceptors (Lipinski definition) is 5. The molecule has 0 N–H and O–H groups in total. The van der Waals surface area contributed by atoms with E-state index in [9.17, 15) is 4.79 Å². The van der Waals surface area contributed by atoms with Crippen molar-refractivity contribution in [1.29, 1.82) is 0 Å². The lowest BCUT2D eigenvalue weighted by molar-refractivity contribution is -0.134. The van der Waals surface area contributed by atoms with Crippen LogP contribution in [0.4, 0.5) is 0 Å². The molecule has 0 aliphatic carbocycles. The second-order valence-electron chi connectivity index (χ2n) is 20.3. The van der Waals surface area contributed by atoms with Gasteiger partial charge in [0.2, 0.25) is 5.91 Å². The van der Waals surface area contributed by atoms with Crippen molar-refractivity contribution < 1.29 is 4.79 Å². The van der Waals surface area contributed by atoms with E-state index in [0.29, 0.717) is 18.5 Å². The Kier molecular flexibility index (Phi) is 43.5. The van der Waals surface area contributed by atoms with Gasteiger partial charge in [-0.3, -0.25) is 19.5 Å². The third-order valence-electron chi connectivity index (χ3n) is 14.3. The van der Waals surface area contributed by atoms with Crippen LogP contribution >= 0.6 is 0 Å². The van der Waals surface area contributed by atoms with Crippen molar-refractivity contribution in [2.45, 2.75) is 272 Å². The summed E-state index contributed by atoms with van der Waals surface area (Å²) in [6.07, 6.45) is 48.0. The Labute approximate surface area is 391 Å². The minimum atomic E-state index is 0.380. The second-order valence-corrected chi connectivity index (χ2v) is 20.3. The molecule has 0 bridgehead atoms. The van der Waals surface area contributed by atoms with Crippen LogP contribution in [0.25, 0.3) is 0 Å². The summed E-state index contributed by atoms with van der Waals surface area (Å²) in [5.41, 5.74) is 0. The number of piperazine rings is 1. The molecule has 0 aromatic rings. The summed E-state index contributed by atoms with van der Waals surface area (Å²) in [6, 6.07) is 0.583. The molecular weight excluding hydrogens is 759 g/mol. The maximum atomic E-state index is 14.0. The van der Waals surface area contributed by atoms with Crippen LogP contribution in [-0.4, -0.2) is 122 Å². The van der Waals surface area contributed by atoms with Gasteiger partial charge < -0.3 is 9.80 Å². The van der Waals surface area contributed by atoms with E-state index in [0.717, 1.165) is 52.4 Å². The van der Waals surface area contributed by atoms with E-state index >= 15 is 0 Å². The van der Waals surface area contributed by atoms with E-state index < -0.39 is 0 Å². The first-order valence-electron chi connectivity index (χ1n) is 28.7. The van der Waals surface area contributed by atoms with E-state index in [-0.39, 0.29) is 0 Å². The summed E-state index contributed by atoms with van der Waals surface area (Å²) in [5, 5.41) is 0. The van der Waals surface area contributed by atoms with Gasteiger partial charge in [-0.05, 0) is 71.8 Å². The van der Waals surface area contributed by atoms with Crippen molar-refractivity contribution >= 4 is 5.91 Å². The summed E-state index contributed by atoms with van der Waals surface area (Å²) >= 11 is 0. The predicted molar refractivity (Wildman–Crippen MR) is 277 cm³/mol. The lowest BCUT2D eigenvalue weighted by Gasteiger charge is -2.39. The zero-order valence-electron chi connectivity index (χ0n) is 43.7. The highest BCUT2D eigenvalue weighted by atomic mass is 16.2. The number of carbonyl (C=O) groups is 1. The molecule has 1 fully saturated rings. The topological polar surface area (TPSA) is 33.3 Å². The molecule has 6 heteroatoms. The molecule has 1 unspecified atom stereocenters. The zero-order valence-corrected chi connectivity index (χ0v) is 43.7. The first kappa shape index (κ1) is 59.3. The van der Waals surface area contributed by atoms with Gasteiger partial charge in [0, 0.05) is 51.9 Å². The lowest BCUT2D eigenvalue weighted by Crippen LogP contribution is -2.54. The molecule has 370 valence electrons. The molecule has 0 aromatic heterocycles. The summed E-state index contributed by atoms with van der Waals surface area (Å²) < 4.78 is 0. The Hall–Kier alpha value is -0.690. The maximum absolute atomic E-state index is 14.0. The Morgan fingerprint density at radius 3 is 1.02 bits per heavy atom. The van der Waals surface area contributed by atoms with Crippen molar-refractivity contribution in [2.24, 2.45) is 0 Å². The van der Waals surface area contributed by atoms with Crippen LogP contribution in [0, 0.1) is 0 Å². The number of hydrogen-bond donors (Lipinski definition) is 0. The Bertz CT molecular complexity index is 873. The third kappa shape index (κ3) is 35.6. The normalized spacial score (nSPS) is 14.3. The molecule has 62 heavy (non-hydrogen) atoms. The van der Waals surface area contributed by atoms with Crippen molar-refractivity contribution in [1.82, 2.24) is 24.5 Å². The molecule has 0 aromatic carbocycles. The van der Waals surface area contributed by atoms with Crippen LogP contribution in [-0.2, 0) is 4.79 Å². The number of carbonyl (C=O) groups excluding carboxylic acids is 1. The van der Waals surface area contributed by atoms with Crippen LogP contribution < -0.4 is 0 Å². The predicted octanol–water partition coefficient (Wildman–Crippen LogP) is 15.2. The number of rotatable bonds is 48. The largest absolute Gasteiger partial charge is 0.339 e. The molecule has 1 amide bonds. The second kappa shape index (κ2) is 45.5. The number of amides is 1. The fourth-order valence-electron chi connectivity index (χ4n) is 9.82. The van der Waals surface area contributed by atoms with Crippen molar-refractivity contribution in [3.05, 3.63) is 0 Å². The van der Waals surface area contributed by atoms with E-state index in [4.69, 9.17) is 0 Å². The van der Waals surface area contributed by atoms with Crippen molar-refractivity contribution in [3.63, 3.8) is 0 Å². The first-order chi connectivity index (χ1) is 30.5. The lowest BCUT2D eigenvalue weighted by atomic mass is 10.1. The summed E-state index contributed by atoms with van der Waals surface area (Å²) in [4.78, 5) is 27.1. The van der Waals surface area contributed by atoms with Gasteiger partial charge in [0.25, 0.3) is 0 Å². The Morgan fingerprint density at radius 1 is 0.371 bits per heavy atom. The minimum Gasteiger partial charge on any atom is -0.339 e. The molecule has 1 rings (SSSR count). The van der Waals surface area contributed by atoms with Crippen LogP contribution in [0.15, 0.2) is 0 Å². The van der Waals surface area contributed by atoms with Crippen LogP contribution in [0.3, 0.4) is 0 Å². The number of unbranched alkanes of at least 4 members (excludes halogenated alkanes) is 30. The van der Waals surface area contributed by atoms with Gasteiger partial charge in [-0.15, -0.1) is 0 Å². The van der Waals surface area contributed by atoms with Crippen LogP contribution in [0.2, 0.25) is 0 Å². The van der Waals surface area contributed by atoms with Gasteiger partial charge in [0.1, 0.15) is 0 Å². The van der Waals surface area contributed by atoms with Crippen molar-refractivity contribution in [2.75, 3.05) is 85.1 Å². The van der Waals surface area contributed by atoms with E-state index in [2.05, 4.69) is 66.0 Å². The van der Waals surface area contributed by atoms with Gasteiger partial charge in [0.15, 0.2) is 0 Å². The summed E-state index contributed by atoms with van der Waals surface area (Å²) in [6.45, 7) is 27.9. The molecule has 0 spiro atoms. The zero-order chi connectivity index (χ0) is 45.0. The highest BCUT2D eigenvalue weighted by Crippen LogP contribution is 2.16. The minimum absolute atomic E-state index is 0.380. The molecule has 1 heterocycles. The standard InChI is InChI=1S/C56H115N5O/c1-7-12-17-22-27-32-37-42-57(43-38-33-28-23-18-13-8-2)47-48-58(44-39-34-29-24-19-14-9-3)54-56(62)61-51-49-59(50-52-61)53-55(6)60(45-40-35-30-25-20-15-10-4)46-41-36-31-26-21-16-11-5/h55H,7-54H2,1-6H3. The average molecular weight is 875 g/mol. The van der Waals surface area contributed by atoms with Crippen molar-refractivity contribution in [3.8, 4) is 0 Å². The monoisotopic (exact) mass is 874 g/mol. The van der Waals surface area contributed by atoms with E-state index in [1.807, 2.05) is 0 Å². The fraction of sp³-hybridized carbons (Fsp3) is 0.982.